The molecular formula is C16H23N3O3. The van der Waals surface area contributed by atoms with E-state index in [1.165, 1.54) is 0 Å². The Hall–Kier alpha value is -2.08. The van der Waals surface area contributed by atoms with Gasteiger partial charge in [-0.25, -0.2) is 0 Å². The lowest BCUT2D eigenvalue weighted by atomic mass is 10.1. The second-order valence-electron chi connectivity index (χ2n) is 5.38. The highest BCUT2D eigenvalue weighted by Gasteiger charge is 2.22. The van der Waals surface area contributed by atoms with Gasteiger partial charge < -0.3 is 20.3 Å². The van der Waals surface area contributed by atoms with E-state index in [0.29, 0.717) is 23.9 Å². The molecule has 120 valence electrons. The summed E-state index contributed by atoms with van der Waals surface area (Å²) in [6, 6.07) is 7.14. The minimum Gasteiger partial charge on any atom is -0.497 e. The number of likely N-dealkylation sites (tertiary alicyclic amines) is 1. The van der Waals surface area contributed by atoms with Crippen molar-refractivity contribution in [3.05, 3.63) is 29.8 Å². The topological polar surface area (TPSA) is 70.7 Å². The maximum Gasteiger partial charge on any atom is 0.251 e. The second kappa shape index (κ2) is 7.79. The van der Waals surface area contributed by atoms with Gasteiger partial charge in [-0.15, -0.1) is 0 Å². The summed E-state index contributed by atoms with van der Waals surface area (Å²) in [6.07, 6.45) is 2.07. The molecule has 1 saturated heterocycles. The zero-order chi connectivity index (χ0) is 15.9. The molecule has 0 aliphatic carbocycles. The van der Waals surface area contributed by atoms with Gasteiger partial charge in [0.1, 0.15) is 5.75 Å². The lowest BCUT2D eigenvalue weighted by Gasteiger charge is -2.32. The molecule has 1 fully saturated rings. The van der Waals surface area contributed by atoms with Crippen molar-refractivity contribution in [1.82, 2.24) is 15.5 Å². The van der Waals surface area contributed by atoms with E-state index >= 15 is 0 Å². The number of carbonyl (C=O) groups excluding carboxylic acids is 2. The van der Waals surface area contributed by atoms with Crippen LogP contribution in [0.4, 0.5) is 0 Å². The van der Waals surface area contributed by atoms with Crippen LogP contribution >= 0.6 is 0 Å². The molecule has 6 heteroatoms. The van der Waals surface area contributed by atoms with Gasteiger partial charge in [-0.2, -0.15) is 0 Å². The summed E-state index contributed by atoms with van der Waals surface area (Å²) in [5, 5.41) is 5.87. The monoisotopic (exact) mass is 305 g/mol. The highest BCUT2D eigenvalue weighted by Crippen LogP contribution is 2.11. The molecule has 0 aromatic heterocycles. The number of piperidine rings is 1. The van der Waals surface area contributed by atoms with E-state index in [-0.39, 0.29) is 18.4 Å². The molecule has 2 amide bonds. The molecule has 2 N–H and O–H groups in total. The molecule has 1 aliphatic rings. The zero-order valence-electron chi connectivity index (χ0n) is 13.1. The number of nitrogens with zero attached hydrogens (tertiary/aromatic N) is 1. The van der Waals surface area contributed by atoms with Crippen LogP contribution in [0, 0.1) is 0 Å². The lowest BCUT2D eigenvalue weighted by Crippen LogP contribution is -2.49. The van der Waals surface area contributed by atoms with Crippen LogP contribution < -0.4 is 15.4 Å². The van der Waals surface area contributed by atoms with E-state index in [2.05, 4.69) is 10.6 Å². The fraction of sp³-hybridized carbons (Fsp3) is 0.500. The van der Waals surface area contributed by atoms with E-state index in [1.807, 2.05) is 7.05 Å². The Morgan fingerprint density at radius 1 is 1.32 bits per heavy atom. The minimum atomic E-state index is -0.252. The molecule has 1 unspecified atom stereocenters. The number of amides is 2. The number of ether oxygens (including phenoxy) is 1. The van der Waals surface area contributed by atoms with Crippen LogP contribution in [-0.2, 0) is 4.79 Å². The first-order valence-electron chi connectivity index (χ1n) is 7.51. The van der Waals surface area contributed by atoms with Gasteiger partial charge in [0.25, 0.3) is 5.91 Å². The van der Waals surface area contributed by atoms with E-state index in [9.17, 15) is 9.59 Å². The van der Waals surface area contributed by atoms with Gasteiger partial charge in [-0.3, -0.25) is 9.59 Å². The fourth-order valence-corrected chi connectivity index (χ4v) is 2.55. The number of hydrogen-bond donors (Lipinski definition) is 2. The largest absolute Gasteiger partial charge is 0.497 e. The van der Waals surface area contributed by atoms with E-state index in [1.54, 1.807) is 36.3 Å². The van der Waals surface area contributed by atoms with Crippen molar-refractivity contribution in [1.29, 1.82) is 0 Å². The average molecular weight is 305 g/mol. The van der Waals surface area contributed by atoms with Gasteiger partial charge in [-0.05, 0) is 44.2 Å². The third-order valence-electron chi connectivity index (χ3n) is 3.93. The number of nitrogens with one attached hydrogen (secondary N) is 2. The molecule has 1 aromatic carbocycles. The molecule has 1 aromatic rings. The van der Waals surface area contributed by atoms with Crippen molar-refractivity contribution in [3.63, 3.8) is 0 Å². The second-order valence-corrected chi connectivity index (χ2v) is 5.38. The van der Waals surface area contributed by atoms with Crippen LogP contribution in [0.15, 0.2) is 24.3 Å². The summed E-state index contributed by atoms with van der Waals surface area (Å²) in [5.74, 6) is 0.402. The highest BCUT2D eigenvalue weighted by atomic mass is 16.5. The van der Waals surface area contributed by atoms with Crippen LogP contribution in [0.5, 0.6) is 5.75 Å². The summed E-state index contributed by atoms with van der Waals surface area (Å²) in [4.78, 5) is 26.0. The molecule has 0 bridgehead atoms. The number of rotatable bonds is 5. The summed E-state index contributed by atoms with van der Waals surface area (Å²) >= 11 is 0. The van der Waals surface area contributed by atoms with E-state index in [0.717, 1.165) is 19.4 Å². The minimum absolute atomic E-state index is 0.0291. The predicted octanol–water partition coefficient (Wildman–Crippen LogP) is 0.635. The lowest BCUT2D eigenvalue weighted by molar-refractivity contribution is -0.131. The molecule has 6 nitrogen and oxygen atoms in total. The molecule has 1 aliphatic heterocycles. The Labute approximate surface area is 130 Å². The Morgan fingerprint density at radius 2 is 2.05 bits per heavy atom. The van der Waals surface area contributed by atoms with Crippen molar-refractivity contribution in [2.24, 2.45) is 0 Å². The third kappa shape index (κ3) is 4.21. The van der Waals surface area contributed by atoms with E-state index < -0.39 is 0 Å². The molecule has 0 spiro atoms. The molecular weight excluding hydrogens is 282 g/mol. The van der Waals surface area contributed by atoms with Gasteiger partial charge >= 0.3 is 0 Å². The molecule has 0 radical (unpaired) electrons. The normalized spacial score (nSPS) is 17.9. The summed E-state index contributed by atoms with van der Waals surface area (Å²) < 4.78 is 5.05. The van der Waals surface area contributed by atoms with Gasteiger partial charge in [0.05, 0.1) is 13.7 Å². The van der Waals surface area contributed by atoms with E-state index in [4.69, 9.17) is 4.74 Å². The van der Waals surface area contributed by atoms with Gasteiger partial charge in [0.15, 0.2) is 0 Å². The summed E-state index contributed by atoms with van der Waals surface area (Å²) in [6.45, 7) is 1.49. The quantitative estimate of drug-likeness (QED) is 0.837. The van der Waals surface area contributed by atoms with Crippen molar-refractivity contribution in [3.8, 4) is 5.75 Å². The van der Waals surface area contributed by atoms with Crippen LogP contribution in [0.2, 0.25) is 0 Å². The van der Waals surface area contributed by atoms with Crippen LogP contribution in [0.1, 0.15) is 23.2 Å². The predicted molar refractivity (Wildman–Crippen MR) is 84.0 cm³/mol. The van der Waals surface area contributed by atoms with Crippen LogP contribution in [0.25, 0.3) is 0 Å². The molecule has 0 saturated carbocycles. The SMILES string of the molecule is CNC1CCCN(C(=O)CNC(=O)c2ccc(OC)cc2)C1. The maximum absolute atomic E-state index is 12.2. The first-order valence-corrected chi connectivity index (χ1v) is 7.51. The molecule has 1 heterocycles. The van der Waals surface area contributed by atoms with Crippen molar-refractivity contribution >= 4 is 11.8 Å². The van der Waals surface area contributed by atoms with Crippen LogP contribution in [0.3, 0.4) is 0 Å². The van der Waals surface area contributed by atoms with Gasteiger partial charge in [0.2, 0.25) is 5.91 Å². The van der Waals surface area contributed by atoms with Gasteiger partial charge in [-0.1, -0.05) is 0 Å². The fourth-order valence-electron chi connectivity index (χ4n) is 2.55. The zero-order valence-corrected chi connectivity index (χ0v) is 13.1. The smallest absolute Gasteiger partial charge is 0.251 e. The number of carbonyl (C=O) groups is 2. The van der Waals surface area contributed by atoms with Crippen molar-refractivity contribution in [2.75, 3.05) is 33.8 Å². The van der Waals surface area contributed by atoms with Crippen LogP contribution in [-0.4, -0.2) is 56.5 Å². The number of likely N-dealkylation sites (N-methyl/N-ethyl adjacent to an activating group) is 1. The first kappa shape index (κ1) is 16.3. The highest BCUT2D eigenvalue weighted by molar-refractivity contribution is 5.96. The Balaban J connectivity index is 1.83. The standard InChI is InChI=1S/C16H23N3O3/c1-17-13-4-3-9-19(11-13)15(20)10-18-16(21)12-5-7-14(22-2)8-6-12/h5-8,13,17H,3-4,9-11H2,1-2H3,(H,18,21). The first-order chi connectivity index (χ1) is 10.6. The molecule has 1 atom stereocenters. The van der Waals surface area contributed by atoms with Gasteiger partial charge in [0, 0.05) is 24.7 Å². The third-order valence-corrected chi connectivity index (χ3v) is 3.93. The average Bonchev–Trinajstić information content (AvgIpc) is 2.59. The molecule has 22 heavy (non-hydrogen) atoms. The summed E-state index contributed by atoms with van der Waals surface area (Å²) in [7, 11) is 3.48. The Bertz CT molecular complexity index is 516. The van der Waals surface area contributed by atoms with Crippen molar-refractivity contribution < 1.29 is 14.3 Å². The number of methoxy groups -OCH3 is 1. The Kier molecular flexibility index (Phi) is 5.77. The maximum atomic E-state index is 12.2. The summed E-state index contributed by atoms with van der Waals surface area (Å²) in [5.41, 5.74) is 0.514. The number of hydrogen-bond acceptors (Lipinski definition) is 4. The van der Waals surface area contributed by atoms with Crippen molar-refractivity contribution in [2.45, 2.75) is 18.9 Å². The molecule has 2 rings (SSSR count). The number of benzene rings is 1. The Morgan fingerprint density at radius 3 is 2.68 bits per heavy atom.